The zero-order chi connectivity index (χ0) is 14.1. The molecule has 19 heavy (non-hydrogen) atoms. The van der Waals surface area contributed by atoms with Gasteiger partial charge < -0.3 is 5.32 Å². The lowest BCUT2D eigenvalue weighted by atomic mass is 9.99. The zero-order valence-corrected chi connectivity index (χ0v) is 10.1. The third-order valence-electron chi connectivity index (χ3n) is 3.29. The van der Waals surface area contributed by atoms with Crippen molar-refractivity contribution in [3.8, 4) is 0 Å². The summed E-state index contributed by atoms with van der Waals surface area (Å²) >= 11 is 0. The number of hydrogen-bond acceptors (Lipinski definition) is 1. The van der Waals surface area contributed by atoms with Crippen molar-refractivity contribution in [1.29, 1.82) is 0 Å². The average molecular weight is 279 g/mol. The summed E-state index contributed by atoms with van der Waals surface area (Å²) < 4.78 is 63.3. The maximum absolute atomic E-state index is 13.2. The number of rotatable bonds is 3. The molecule has 6 heteroatoms. The van der Waals surface area contributed by atoms with Crippen LogP contribution >= 0.6 is 0 Å². The molecule has 1 unspecified atom stereocenters. The third kappa shape index (κ3) is 3.05. The molecule has 1 fully saturated rings. The summed E-state index contributed by atoms with van der Waals surface area (Å²) in [6.07, 6.45) is -3.16. The summed E-state index contributed by atoms with van der Waals surface area (Å²) in [5.74, 6) is -4.80. The highest BCUT2D eigenvalue weighted by Crippen LogP contribution is 2.43. The Kier molecular flexibility index (Phi) is 3.80. The first kappa shape index (κ1) is 14.2. The van der Waals surface area contributed by atoms with E-state index in [1.54, 1.807) is 6.07 Å². The predicted octanol–water partition coefficient (Wildman–Crippen LogP) is 3.64. The molecule has 0 saturated carbocycles. The van der Waals surface area contributed by atoms with Crippen molar-refractivity contribution in [2.75, 3.05) is 6.54 Å². The molecular formula is C13H14F5N. The molecule has 1 heterocycles. The van der Waals surface area contributed by atoms with E-state index in [-0.39, 0.29) is 6.04 Å². The summed E-state index contributed by atoms with van der Waals surface area (Å²) in [6.45, 7) is 0.864. The second kappa shape index (κ2) is 5.07. The molecule has 1 aromatic carbocycles. The SMILES string of the molecule is FC(F)(F)C(F)(F)c1cccc(CC2CCCN2)c1. The lowest BCUT2D eigenvalue weighted by Gasteiger charge is -2.20. The first-order chi connectivity index (χ1) is 8.80. The Bertz CT molecular complexity index is 435. The van der Waals surface area contributed by atoms with Crippen LogP contribution < -0.4 is 5.32 Å². The highest BCUT2D eigenvalue weighted by Gasteiger charge is 2.58. The minimum Gasteiger partial charge on any atom is -0.314 e. The van der Waals surface area contributed by atoms with Crippen LogP contribution in [0.5, 0.6) is 0 Å². The molecule has 1 N–H and O–H groups in total. The molecule has 1 saturated heterocycles. The minimum absolute atomic E-state index is 0.162. The summed E-state index contributed by atoms with van der Waals surface area (Å²) in [7, 11) is 0. The van der Waals surface area contributed by atoms with Crippen molar-refractivity contribution in [3.63, 3.8) is 0 Å². The van der Waals surface area contributed by atoms with Crippen LogP contribution in [-0.4, -0.2) is 18.8 Å². The number of nitrogens with one attached hydrogen (secondary N) is 1. The van der Waals surface area contributed by atoms with E-state index in [2.05, 4.69) is 5.32 Å². The van der Waals surface area contributed by atoms with E-state index in [0.29, 0.717) is 12.0 Å². The fourth-order valence-corrected chi connectivity index (χ4v) is 2.27. The van der Waals surface area contributed by atoms with Gasteiger partial charge in [0.1, 0.15) is 0 Å². The molecule has 1 aliphatic rings. The van der Waals surface area contributed by atoms with Crippen LogP contribution in [0.4, 0.5) is 22.0 Å². The van der Waals surface area contributed by atoms with Crippen LogP contribution in [0.25, 0.3) is 0 Å². The van der Waals surface area contributed by atoms with E-state index in [4.69, 9.17) is 0 Å². The number of halogens is 5. The van der Waals surface area contributed by atoms with Gasteiger partial charge in [0.25, 0.3) is 0 Å². The molecule has 1 nitrogen and oxygen atoms in total. The van der Waals surface area contributed by atoms with Crippen LogP contribution in [0.15, 0.2) is 24.3 Å². The van der Waals surface area contributed by atoms with Gasteiger partial charge >= 0.3 is 12.1 Å². The van der Waals surface area contributed by atoms with Gasteiger partial charge in [-0.2, -0.15) is 22.0 Å². The average Bonchev–Trinajstić information content (AvgIpc) is 2.80. The van der Waals surface area contributed by atoms with Gasteiger partial charge in [-0.05, 0) is 37.4 Å². The Morgan fingerprint density at radius 2 is 1.89 bits per heavy atom. The van der Waals surface area contributed by atoms with E-state index in [1.165, 1.54) is 6.07 Å². The Labute approximate surface area is 107 Å². The first-order valence-electron chi connectivity index (χ1n) is 6.08. The zero-order valence-electron chi connectivity index (χ0n) is 10.1. The van der Waals surface area contributed by atoms with Crippen molar-refractivity contribution in [3.05, 3.63) is 35.4 Å². The highest BCUT2D eigenvalue weighted by molar-refractivity contribution is 5.28. The van der Waals surface area contributed by atoms with Crippen molar-refractivity contribution >= 4 is 0 Å². The standard InChI is InChI=1S/C13H14F5N/c14-12(15,13(16,17)18)10-4-1-3-9(7-10)8-11-5-2-6-19-11/h1,3-4,7,11,19H,2,5-6,8H2. The van der Waals surface area contributed by atoms with E-state index in [9.17, 15) is 22.0 Å². The van der Waals surface area contributed by atoms with Crippen molar-refractivity contribution < 1.29 is 22.0 Å². The first-order valence-corrected chi connectivity index (χ1v) is 6.08. The lowest BCUT2D eigenvalue weighted by molar-refractivity contribution is -0.289. The molecule has 0 spiro atoms. The summed E-state index contributed by atoms with van der Waals surface area (Å²) in [5.41, 5.74) is -0.490. The molecule has 106 valence electrons. The molecule has 1 atom stereocenters. The molecule has 0 bridgehead atoms. The van der Waals surface area contributed by atoms with Gasteiger partial charge in [-0.3, -0.25) is 0 Å². The monoisotopic (exact) mass is 279 g/mol. The van der Waals surface area contributed by atoms with Crippen molar-refractivity contribution in [1.82, 2.24) is 5.32 Å². The predicted molar refractivity (Wildman–Crippen MR) is 61.1 cm³/mol. The Hall–Kier alpha value is -1.17. The second-order valence-electron chi connectivity index (χ2n) is 4.77. The van der Waals surface area contributed by atoms with Crippen LogP contribution in [0, 0.1) is 0 Å². The smallest absolute Gasteiger partial charge is 0.314 e. The topological polar surface area (TPSA) is 12.0 Å². The van der Waals surface area contributed by atoms with Gasteiger partial charge in [0.15, 0.2) is 0 Å². The number of hydrogen-bond donors (Lipinski definition) is 1. The van der Waals surface area contributed by atoms with E-state index < -0.39 is 17.7 Å². The maximum atomic E-state index is 13.2. The van der Waals surface area contributed by atoms with Crippen LogP contribution in [0.1, 0.15) is 24.0 Å². The van der Waals surface area contributed by atoms with Gasteiger partial charge in [-0.1, -0.05) is 18.2 Å². The van der Waals surface area contributed by atoms with Crippen LogP contribution in [0.3, 0.4) is 0 Å². The van der Waals surface area contributed by atoms with E-state index in [0.717, 1.165) is 31.5 Å². The quantitative estimate of drug-likeness (QED) is 0.833. The molecule has 1 aliphatic heterocycles. The Morgan fingerprint density at radius 1 is 1.16 bits per heavy atom. The summed E-state index contributed by atoms with van der Waals surface area (Å²) in [4.78, 5) is 0. The third-order valence-corrected chi connectivity index (χ3v) is 3.29. The van der Waals surface area contributed by atoms with Crippen molar-refractivity contribution in [2.24, 2.45) is 0 Å². The second-order valence-corrected chi connectivity index (χ2v) is 4.77. The van der Waals surface area contributed by atoms with Gasteiger partial charge in [-0.15, -0.1) is 0 Å². The lowest BCUT2D eigenvalue weighted by Crippen LogP contribution is -2.33. The Morgan fingerprint density at radius 3 is 2.47 bits per heavy atom. The molecule has 0 amide bonds. The van der Waals surface area contributed by atoms with Gasteiger partial charge in [0.05, 0.1) is 0 Å². The van der Waals surface area contributed by atoms with E-state index in [1.807, 2.05) is 0 Å². The molecular weight excluding hydrogens is 265 g/mol. The maximum Gasteiger partial charge on any atom is 0.458 e. The van der Waals surface area contributed by atoms with Gasteiger partial charge in [0.2, 0.25) is 0 Å². The molecule has 0 aliphatic carbocycles. The van der Waals surface area contributed by atoms with Crippen LogP contribution in [-0.2, 0) is 12.3 Å². The molecule has 1 aromatic rings. The van der Waals surface area contributed by atoms with Crippen molar-refractivity contribution in [2.45, 2.75) is 37.4 Å². The molecule has 0 radical (unpaired) electrons. The fourth-order valence-electron chi connectivity index (χ4n) is 2.27. The largest absolute Gasteiger partial charge is 0.458 e. The molecule has 2 rings (SSSR count). The normalized spacial score (nSPS) is 20.8. The van der Waals surface area contributed by atoms with Gasteiger partial charge in [-0.25, -0.2) is 0 Å². The van der Waals surface area contributed by atoms with Crippen LogP contribution in [0.2, 0.25) is 0 Å². The minimum atomic E-state index is -5.56. The van der Waals surface area contributed by atoms with E-state index >= 15 is 0 Å². The summed E-state index contributed by atoms with van der Waals surface area (Å²) in [5, 5.41) is 3.18. The molecule has 0 aromatic heterocycles. The summed E-state index contributed by atoms with van der Waals surface area (Å²) in [6, 6.07) is 4.76. The Balaban J connectivity index is 2.19. The number of alkyl halides is 5. The highest BCUT2D eigenvalue weighted by atomic mass is 19.4. The fraction of sp³-hybridized carbons (Fsp3) is 0.538. The number of benzene rings is 1. The van der Waals surface area contributed by atoms with Gasteiger partial charge in [0, 0.05) is 11.6 Å².